The Labute approximate surface area is 107 Å². The SMILES string of the molecule is CCc1nccc(-c2cnc(N)[nH]2)c1NC(C)C. The van der Waals surface area contributed by atoms with Crippen molar-refractivity contribution in [2.24, 2.45) is 0 Å². The smallest absolute Gasteiger partial charge is 0.197 e. The van der Waals surface area contributed by atoms with Crippen molar-refractivity contribution in [1.82, 2.24) is 15.0 Å². The van der Waals surface area contributed by atoms with Gasteiger partial charge in [0, 0.05) is 17.8 Å². The molecule has 0 saturated carbocycles. The standard InChI is InChI=1S/C13H19N5/c1-4-10-12(17-8(2)3)9(5-6-15-10)11-7-16-13(14)18-11/h5-8,17H,4H2,1-3H3,(H3,14,16,18). The highest BCUT2D eigenvalue weighted by Crippen LogP contribution is 2.29. The molecule has 0 atom stereocenters. The molecule has 0 aromatic carbocycles. The third-order valence-electron chi connectivity index (χ3n) is 2.68. The molecule has 0 aliphatic carbocycles. The fourth-order valence-electron chi connectivity index (χ4n) is 1.92. The maximum atomic E-state index is 5.64. The van der Waals surface area contributed by atoms with Crippen molar-refractivity contribution in [2.45, 2.75) is 33.2 Å². The number of anilines is 2. The van der Waals surface area contributed by atoms with Gasteiger partial charge in [-0.25, -0.2) is 4.98 Å². The van der Waals surface area contributed by atoms with Crippen LogP contribution in [0, 0.1) is 0 Å². The van der Waals surface area contributed by atoms with E-state index in [0.717, 1.165) is 29.1 Å². The second-order valence-electron chi connectivity index (χ2n) is 4.51. The van der Waals surface area contributed by atoms with Crippen molar-refractivity contribution in [1.29, 1.82) is 0 Å². The van der Waals surface area contributed by atoms with Gasteiger partial charge >= 0.3 is 0 Å². The Balaban J connectivity index is 2.51. The van der Waals surface area contributed by atoms with E-state index >= 15 is 0 Å². The number of H-pyrrole nitrogens is 1. The number of hydrogen-bond donors (Lipinski definition) is 3. The maximum Gasteiger partial charge on any atom is 0.197 e. The molecule has 0 fully saturated rings. The fraction of sp³-hybridized carbons (Fsp3) is 0.385. The van der Waals surface area contributed by atoms with Crippen molar-refractivity contribution in [3.05, 3.63) is 24.2 Å². The summed E-state index contributed by atoms with van der Waals surface area (Å²) in [7, 11) is 0. The van der Waals surface area contributed by atoms with Gasteiger partial charge in [0.2, 0.25) is 0 Å². The predicted octanol–water partition coefficient (Wildman–Crippen LogP) is 2.44. The zero-order valence-electron chi connectivity index (χ0n) is 11.0. The number of nitrogens with zero attached hydrogens (tertiary/aromatic N) is 2. The van der Waals surface area contributed by atoms with E-state index in [1.54, 1.807) is 6.20 Å². The number of aromatic amines is 1. The van der Waals surface area contributed by atoms with Crippen molar-refractivity contribution < 1.29 is 0 Å². The lowest BCUT2D eigenvalue weighted by molar-refractivity contribution is 0.887. The highest BCUT2D eigenvalue weighted by molar-refractivity contribution is 5.77. The molecule has 2 heterocycles. The summed E-state index contributed by atoms with van der Waals surface area (Å²) in [5, 5.41) is 3.45. The summed E-state index contributed by atoms with van der Waals surface area (Å²) >= 11 is 0. The first-order valence-corrected chi connectivity index (χ1v) is 6.17. The van der Waals surface area contributed by atoms with Gasteiger partial charge in [-0.2, -0.15) is 0 Å². The Hall–Kier alpha value is -2.04. The van der Waals surface area contributed by atoms with Gasteiger partial charge in [0.15, 0.2) is 5.95 Å². The normalized spacial score (nSPS) is 10.9. The van der Waals surface area contributed by atoms with Crippen molar-refractivity contribution in [3.8, 4) is 11.3 Å². The van der Waals surface area contributed by atoms with Crippen LogP contribution in [-0.4, -0.2) is 21.0 Å². The van der Waals surface area contributed by atoms with E-state index in [1.165, 1.54) is 0 Å². The summed E-state index contributed by atoms with van der Waals surface area (Å²) in [6.07, 6.45) is 4.44. The Kier molecular flexibility index (Phi) is 3.50. The molecule has 0 saturated heterocycles. The van der Waals surface area contributed by atoms with E-state index in [0.29, 0.717) is 12.0 Å². The average molecular weight is 245 g/mol. The van der Waals surface area contributed by atoms with Crippen LogP contribution in [0.4, 0.5) is 11.6 Å². The molecular formula is C13H19N5. The Bertz CT molecular complexity index is 530. The second-order valence-corrected chi connectivity index (χ2v) is 4.51. The van der Waals surface area contributed by atoms with E-state index in [4.69, 9.17) is 5.73 Å². The number of rotatable bonds is 4. The van der Waals surface area contributed by atoms with E-state index in [-0.39, 0.29) is 0 Å². The molecule has 0 spiro atoms. The minimum absolute atomic E-state index is 0.346. The van der Waals surface area contributed by atoms with Crippen LogP contribution in [0.3, 0.4) is 0 Å². The average Bonchev–Trinajstić information content (AvgIpc) is 2.75. The van der Waals surface area contributed by atoms with Crippen LogP contribution in [0.15, 0.2) is 18.5 Å². The van der Waals surface area contributed by atoms with Crippen LogP contribution in [-0.2, 0) is 6.42 Å². The van der Waals surface area contributed by atoms with Gasteiger partial charge in [0.05, 0.1) is 23.3 Å². The van der Waals surface area contributed by atoms with Crippen molar-refractivity contribution in [3.63, 3.8) is 0 Å². The highest BCUT2D eigenvalue weighted by atomic mass is 15.0. The van der Waals surface area contributed by atoms with Crippen LogP contribution in [0.5, 0.6) is 0 Å². The van der Waals surface area contributed by atoms with Crippen molar-refractivity contribution in [2.75, 3.05) is 11.1 Å². The Morgan fingerprint density at radius 1 is 1.39 bits per heavy atom. The van der Waals surface area contributed by atoms with Gasteiger partial charge in [-0.1, -0.05) is 6.92 Å². The molecule has 2 aromatic heterocycles. The fourth-order valence-corrected chi connectivity index (χ4v) is 1.92. The molecule has 2 rings (SSSR count). The third-order valence-corrected chi connectivity index (χ3v) is 2.68. The molecule has 0 radical (unpaired) electrons. The molecule has 0 aliphatic heterocycles. The topological polar surface area (TPSA) is 79.6 Å². The van der Waals surface area contributed by atoms with Crippen LogP contribution in [0.25, 0.3) is 11.3 Å². The summed E-state index contributed by atoms with van der Waals surface area (Å²) in [5.41, 5.74) is 9.71. The molecule has 2 aromatic rings. The van der Waals surface area contributed by atoms with Gasteiger partial charge in [0.25, 0.3) is 0 Å². The summed E-state index contributed by atoms with van der Waals surface area (Å²) in [6.45, 7) is 6.31. The van der Waals surface area contributed by atoms with Gasteiger partial charge in [-0.05, 0) is 26.3 Å². The van der Waals surface area contributed by atoms with Crippen LogP contribution >= 0.6 is 0 Å². The monoisotopic (exact) mass is 245 g/mol. The highest BCUT2D eigenvalue weighted by Gasteiger charge is 2.12. The third kappa shape index (κ3) is 2.45. The first-order valence-electron chi connectivity index (χ1n) is 6.17. The first kappa shape index (κ1) is 12.4. The quantitative estimate of drug-likeness (QED) is 0.773. The van der Waals surface area contributed by atoms with Crippen LogP contribution in [0.1, 0.15) is 26.5 Å². The van der Waals surface area contributed by atoms with Gasteiger partial charge in [-0.15, -0.1) is 0 Å². The minimum Gasteiger partial charge on any atom is -0.381 e. The zero-order chi connectivity index (χ0) is 13.1. The van der Waals surface area contributed by atoms with Gasteiger partial charge in [0.1, 0.15) is 0 Å². The lowest BCUT2D eigenvalue weighted by Crippen LogP contribution is -2.13. The molecule has 18 heavy (non-hydrogen) atoms. The van der Waals surface area contributed by atoms with Gasteiger partial charge in [-0.3, -0.25) is 4.98 Å². The molecule has 4 N–H and O–H groups in total. The predicted molar refractivity (Wildman–Crippen MR) is 74.4 cm³/mol. The maximum absolute atomic E-state index is 5.64. The largest absolute Gasteiger partial charge is 0.381 e. The molecule has 5 nitrogen and oxygen atoms in total. The molecular weight excluding hydrogens is 226 g/mol. The Morgan fingerprint density at radius 2 is 2.17 bits per heavy atom. The summed E-state index contributed by atoms with van der Waals surface area (Å²) in [5.74, 6) is 0.426. The number of pyridine rings is 1. The zero-order valence-corrected chi connectivity index (χ0v) is 11.0. The summed E-state index contributed by atoms with van der Waals surface area (Å²) in [6, 6.07) is 2.31. The second kappa shape index (κ2) is 5.08. The first-order chi connectivity index (χ1) is 8.61. The molecule has 0 bridgehead atoms. The lowest BCUT2D eigenvalue weighted by atomic mass is 10.1. The van der Waals surface area contributed by atoms with E-state index in [1.807, 2.05) is 12.3 Å². The Morgan fingerprint density at radius 3 is 2.72 bits per heavy atom. The van der Waals surface area contributed by atoms with Gasteiger partial charge < -0.3 is 16.0 Å². The minimum atomic E-state index is 0.346. The lowest BCUT2D eigenvalue weighted by Gasteiger charge is -2.16. The van der Waals surface area contributed by atoms with Crippen molar-refractivity contribution >= 4 is 11.6 Å². The molecule has 5 heteroatoms. The molecule has 0 unspecified atom stereocenters. The molecule has 0 aliphatic rings. The van der Waals surface area contributed by atoms with Crippen LogP contribution in [0.2, 0.25) is 0 Å². The number of nitrogens with one attached hydrogen (secondary N) is 2. The molecule has 96 valence electrons. The number of nitrogen functional groups attached to an aromatic ring is 1. The van der Waals surface area contributed by atoms with E-state index in [9.17, 15) is 0 Å². The number of aromatic nitrogens is 3. The number of nitrogens with two attached hydrogens (primary N) is 1. The number of imidazole rings is 1. The van der Waals surface area contributed by atoms with E-state index < -0.39 is 0 Å². The summed E-state index contributed by atoms with van der Waals surface area (Å²) in [4.78, 5) is 11.5. The molecule has 0 amide bonds. The van der Waals surface area contributed by atoms with Crippen LogP contribution < -0.4 is 11.1 Å². The number of aryl methyl sites for hydroxylation is 1. The number of hydrogen-bond acceptors (Lipinski definition) is 4. The summed E-state index contributed by atoms with van der Waals surface area (Å²) < 4.78 is 0. The van der Waals surface area contributed by atoms with E-state index in [2.05, 4.69) is 41.0 Å².